The standard InChI is InChI=1S/C14H20F2N2O2/c1-2-8-18(9-4-7-17)13(19)11-5-3-6-12(10-11)20-14(15)16/h3,5-6,10,14H,2,4,7-9,17H2,1H3. The van der Waals surface area contributed by atoms with E-state index in [-0.39, 0.29) is 11.7 Å². The van der Waals surface area contributed by atoms with Crippen molar-refractivity contribution in [1.29, 1.82) is 0 Å². The average molecular weight is 286 g/mol. The molecule has 0 saturated heterocycles. The van der Waals surface area contributed by atoms with Crippen LogP contribution in [-0.4, -0.2) is 37.1 Å². The Hall–Kier alpha value is -1.69. The van der Waals surface area contributed by atoms with E-state index >= 15 is 0 Å². The van der Waals surface area contributed by atoms with Crippen LogP contribution >= 0.6 is 0 Å². The lowest BCUT2D eigenvalue weighted by molar-refractivity contribution is -0.0499. The first kappa shape index (κ1) is 16.4. The molecule has 20 heavy (non-hydrogen) atoms. The van der Waals surface area contributed by atoms with Crippen LogP contribution in [0.2, 0.25) is 0 Å². The molecule has 0 aliphatic carbocycles. The molecule has 0 aromatic heterocycles. The molecule has 1 aromatic rings. The van der Waals surface area contributed by atoms with E-state index in [9.17, 15) is 13.6 Å². The van der Waals surface area contributed by atoms with Gasteiger partial charge in [0.25, 0.3) is 5.91 Å². The molecule has 0 radical (unpaired) electrons. The summed E-state index contributed by atoms with van der Waals surface area (Å²) < 4.78 is 28.6. The zero-order valence-electron chi connectivity index (χ0n) is 11.5. The maximum absolute atomic E-state index is 12.3. The molecule has 0 bridgehead atoms. The zero-order valence-corrected chi connectivity index (χ0v) is 11.5. The topological polar surface area (TPSA) is 55.6 Å². The Morgan fingerprint density at radius 3 is 2.75 bits per heavy atom. The monoisotopic (exact) mass is 286 g/mol. The number of carbonyl (C=O) groups is 1. The third kappa shape index (κ3) is 5.13. The normalized spacial score (nSPS) is 10.7. The van der Waals surface area contributed by atoms with E-state index in [4.69, 9.17) is 5.73 Å². The summed E-state index contributed by atoms with van der Waals surface area (Å²) in [4.78, 5) is 14.0. The van der Waals surface area contributed by atoms with E-state index in [1.807, 2.05) is 6.92 Å². The van der Waals surface area contributed by atoms with Gasteiger partial charge in [0.15, 0.2) is 0 Å². The number of benzene rings is 1. The van der Waals surface area contributed by atoms with Crippen LogP contribution in [0.1, 0.15) is 30.1 Å². The average Bonchev–Trinajstić information content (AvgIpc) is 2.42. The fourth-order valence-electron chi connectivity index (χ4n) is 1.85. The zero-order chi connectivity index (χ0) is 15.0. The highest BCUT2D eigenvalue weighted by atomic mass is 19.3. The van der Waals surface area contributed by atoms with E-state index in [1.54, 1.807) is 11.0 Å². The molecule has 0 unspecified atom stereocenters. The molecule has 2 N–H and O–H groups in total. The van der Waals surface area contributed by atoms with E-state index in [0.29, 0.717) is 31.6 Å². The molecule has 0 fully saturated rings. The van der Waals surface area contributed by atoms with Crippen molar-refractivity contribution in [3.05, 3.63) is 29.8 Å². The summed E-state index contributed by atoms with van der Waals surface area (Å²) in [6, 6.07) is 5.84. The van der Waals surface area contributed by atoms with E-state index in [1.165, 1.54) is 18.2 Å². The molecule has 0 aliphatic rings. The molecule has 6 heteroatoms. The summed E-state index contributed by atoms with van der Waals surface area (Å²) in [6.07, 6.45) is 1.53. The lowest BCUT2D eigenvalue weighted by Crippen LogP contribution is -2.33. The first-order valence-electron chi connectivity index (χ1n) is 6.62. The van der Waals surface area contributed by atoms with Crippen LogP contribution in [-0.2, 0) is 0 Å². The van der Waals surface area contributed by atoms with Crippen molar-refractivity contribution < 1.29 is 18.3 Å². The van der Waals surface area contributed by atoms with Gasteiger partial charge >= 0.3 is 6.61 Å². The Morgan fingerprint density at radius 1 is 1.40 bits per heavy atom. The van der Waals surface area contributed by atoms with E-state index < -0.39 is 6.61 Å². The summed E-state index contributed by atoms with van der Waals surface area (Å²) in [5.74, 6) is -0.207. The first-order valence-corrected chi connectivity index (χ1v) is 6.62. The van der Waals surface area contributed by atoms with Crippen LogP contribution in [0.3, 0.4) is 0 Å². The molecular weight excluding hydrogens is 266 g/mol. The Morgan fingerprint density at radius 2 is 2.15 bits per heavy atom. The largest absolute Gasteiger partial charge is 0.435 e. The van der Waals surface area contributed by atoms with Gasteiger partial charge in [-0.25, -0.2) is 0 Å². The summed E-state index contributed by atoms with van der Waals surface area (Å²) in [6.45, 7) is 0.743. The highest BCUT2D eigenvalue weighted by molar-refractivity contribution is 5.94. The van der Waals surface area contributed by atoms with Crippen molar-refractivity contribution in [2.75, 3.05) is 19.6 Å². The van der Waals surface area contributed by atoms with Gasteiger partial charge in [-0.15, -0.1) is 0 Å². The van der Waals surface area contributed by atoms with Gasteiger partial charge in [-0.1, -0.05) is 13.0 Å². The number of carbonyl (C=O) groups excluding carboxylic acids is 1. The van der Waals surface area contributed by atoms with E-state index in [0.717, 1.165) is 6.42 Å². The lowest BCUT2D eigenvalue weighted by Gasteiger charge is -2.22. The number of amides is 1. The van der Waals surface area contributed by atoms with Crippen LogP contribution < -0.4 is 10.5 Å². The number of alkyl halides is 2. The number of hydrogen-bond acceptors (Lipinski definition) is 3. The molecule has 0 saturated carbocycles. The Bertz CT molecular complexity index is 427. The quantitative estimate of drug-likeness (QED) is 0.798. The lowest BCUT2D eigenvalue weighted by atomic mass is 10.1. The third-order valence-electron chi connectivity index (χ3n) is 2.72. The first-order chi connectivity index (χ1) is 9.58. The van der Waals surface area contributed by atoms with Gasteiger partial charge in [-0.3, -0.25) is 4.79 Å². The Kier molecular flexibility index (Phi) is 6.93. The van der Waals surface area contributed by atoms with Gasteiger partial charge in [-0.05, 0) is 37.6 Å². The van der Waals surface area contributed by atoms with Gasteiger partial charge in [0.2, 0.25) is 0 Å². The van der Waals surface area contributed by atoms with Crippen molar-refractivity contribution in [3.63, 3.8) is 0 Å². The Labute approximate surface area is 117 Å². The van der Waals surface area contributed by atoms with Crippen molar-refractivity contribution in [2.45, 2.75) is 26.4 Å². The minimum absolute atomic E-state index is 0.0128. The summed E-state index contributed by atoms with van der Waals surface area (Å²) >= 11 is 0. The van der Waals surface area contributed by atoms with Crippen LogP contribution in [0.15, 0.2) is 24.3 Å². The predicted molar refractivity (Wildman–Crippen MR) is 72.9 cm³/mol. The van der Waals surface area contributed by atoms with Crippen LogP contribution in [0.25, 0.3) is 0 Å². The second-order valence-electron chi connectivity index (χ2n) is 4.34. The molecule has 0 atom stereocenters. The van der Waals surface area contributed by atoms with Crippen LogP contribution in [0.5, 0.6) is 5.75 Å². The van der Waals surface area contributed by atoms with Gasteiger partial charge in [-0.2, -0.15) is 8.78 Å². The Balaban J connectivity index is 2.82. The van der Waals surface area contributed by atoms with Gasteiger partial charge in [0.1, 0.15) is 5.75 Å². The fourth-order valence-corrected chi connectivity index (χ4v) is 1.85. The molecule has 1 aromatic carbocycles. The molecule has 1 amide bonds. The summed E-state index contributed by atoms with van der Waals surface area (Å²) in [7, 11) is 0. The van der Waals surface area contributed by atoms with Crippen LogP contribution in [0, 0.1) is 0 Å². The van der Waals surface area contributed by atoms with Crippen molar-refractivity contribution in [2.24, 2.45) is 5.73 Å². The number of nitrogens with zero attached hydrogens (tertiary/aromatic N) is 1. The smallest absolute Gasteiger partial charge is 0.387 e. The number of nitrogens with two attached hydrogens (primary N) is 1. The minimum atomic E-state index is -2.90. The van der Waals surface area contributed by atoms with Crippen molar-refractivity contribution in [1.82, 2.24) is 4.90 Å². The third-order valence-corrected chi connectivity index (χ3v) is 2.72. The highest BCUT2D eigenvalue weighted by Crippen LogP contribution is 2.17. The summed E-state index contributed by atoms with van der Waals surface area (Å²) in [5.41, 5.74) is 5.79. The fraction of sp³-hybridized carbons (Fsp3) is 0.500. The number of rotatable bonds is 8. The van der Waals surface area contributed by atoms with E-state index in [2.05, 4.69) is 4.74 Å². The van der Waals surface area contributed by atoms with Gasteiger partial charge in [0.05, 0.1) is 0 Å². The number of halogens is 2. The predicted octanol–water partition coefficient (Wildman–Crippen LogP) is 2.49. The maximum atomic E-state index is 12.3. The number of ether oxygens (including phenoxy) is 1. The summed E-state index contributed by atoms with van der Waals surface area (Å²) in [5, 5.41) is 0. The molecule has 1 rings (SSSR count). The highest BCUT2D eigenvalue weighted by Gasteiger charge is 2.15. The molecule has 4 nitrogen and oxygen atoms in total. The molecule has 112 valence electrons. The van der Waals surface area contributed by atoms with Crippen molar-refractivity contribution >= 4 is 5.91 Å². The SMILES string of the molecule is CCCN(CCCN)C(=O)c1cccc(OC(F)F)c1. The number of hydrogen-bond donors (Lipinski definition) is 1. The molecule has 0 aliphatic heterocycles. The van der Waals surface area contributed by atoms with Gasteiger partial charge in [0, 0.05) is 18.7 Å². The second-order valence-corrected chi connectivity index (χ2v) is 4.34. The minimum Gasteiger partial charge on any atom is -0.435 e. The molecular formula is C14H20F2N2O2. The van der Waals surface area contributed by atoms with Gasteiger partial charge < -0.3 is 15.4 Å². The molecule has 0 spiro atoms. The second kappa shape index (κ2) is 8.47. The van der Waals surface area contributed by atoms with Crippen LogP contribution in [0.4, 0.5) is 8.78 Å². The van der Waals surface area contributed by atoms with Crippen molar-refractivity contribution in [3.8, 4) is 5.75 Å². The maximum Gasteiger partial charge on any atom is 0.387 e. The molecule has 0 heterocycles.